The highest BCUT2D eigenvalue weighted by Crippen LogP contribution is 2.22. The maximum atomic E-state index is 12.4. The molecule has 0 aromatic heterocycles. The number of rotatable bonds is 5. The van der Waals surface area contributed by atoms with Gasteiger partial charge in [-0.1, -0.05) is 31.9 Å². The second-order valence-corrected chi connectivity index (χ2v) is 6.73. The van der Waals surface area contributed by atoms with Crippen LogP contribution in [0.25, 0.3) is 0 Å². The Morgan fingerprint density at radius 3 is 2.87 bits per heavy atom. The molecule has 1 aromatic rings. The third-order valence-corrected chi connectivity index (χ3v) is 4.68. The van der Waals surface area contributed by atoms with Gasteiger partial charge in [-0.25, -0.2) is 5.43 Å². The quantitative estimate of drug-likeness (QED) is 0.777. The third kappa shape index (κ3) is 4.96. The van der Waals surface area contributed by atoms with Crippen molar-refractivity contribution in [2.75, 3.05) is 5.32 Å². The van der Waals surface area contributed by atoms with E-state index in [4.69, 9.17) is 11.6 Å². The van der Waals surface area contributed by atoms with Gasteiger partial charge in [0.15, 0.2) is 0 Å². The Hall–Kier alpha value is -1.55. The van der Waals surface area contributed by atoms with E-state index in [0.29, 0.717) is 17.4 Å². The van der Waals surface area contributed by atoms with Crippen molar-refractivity contribution in [3.05, 3.63) is 28.8 Å². The molecule has 2 atom stereocenters. The van der Waals surface area contributed by atoms with Crippen LogP contribution in [0.5, 0.6) is 0 Å². The van der Waals surface area contributed by atoms with E-state index >= 15 is 0 Å². The van der Waals surface area contributed by atoms with Crippen LogP contribution in [-0.4, -0.2) is 17.7 Å². The predicted molar refractivity (Wildman–Crippen MR) is 97.1 cm³/mol. The zero-order valence-corrected chi connectivity index (χ0v) is 14.9. The van der Waals surface area contributed by atoms with Crippen molar-refractivity contribution in [3.63, 3.8) is 0 Å². The number of halogens is 1. The topological polar surface area (TPSA) is 53.5 Å². The summed E-state index contributed by atoms with van der Waals surface area (Å²) in [5.41, 5.74) is 5.81. The lowest BCUT2D eigenvalue weighted by atomic mass is 9.89. The van der Waals surface area contributed by atoms with E-state index in [-0.39, 0.29) is 11.9 Å². The first-order chi connectivity index (χ1) is 11.0. The molecule has 0 radical (unpaired) electrons. The van der Waals surface area contributed by atoms with Crippen LogP contribution in [0.2, 0.25) is 5.02 Å². The number of benzene rings is 1. The van der Waals surface area contributed by atoms with Crippen molar-refractivity contribution in [1.29, 1.82) is 0 Å². The lowest BCUT2D eigenvalue weighted by Crippen LogP contribution is -2.38. The van der Waals surface area contributed by atoms with Gasteiger partial charge in [0.2, 0.25) is 0 Å². The summed E-state index contributed by atoms with van der Waals surface area (Å²) >= 11 is 5.97. The Morgan fingerprint density at radius 1 is 1.43 bits per heavy atom. The molecule has 1 aliphatic carbocycles. The van der Waals surface area contributed by atoms with Crippen LogP contribution in [-0.2, 0) is 4.79 Å². The summed E-state index contributed by atoms with van der Waals surface area (Å²) in [7, 11) is 0. The van der Waals surface area contributed by atoms with Crippen LogP contribution in [0.1, 0.15) is 51.5 Å². The Morgan fingerprint density at radius 2 is 2.22 bits per heavy atom. The van der Waals surface area contributed by atoms with Crippen molar-refractivity contribution in [1.82, 2.24) is 5.43 Å². The molecule has 1 amide bonds. The summed E-state index contributed by atoms with van der Waals surface area (Å²) in [5.74, 6) is 0.378. The predicted octanol–water partition coefficient (Wildman–Crippen LogP) is 4.52. The lowest BCUT2D eigenvalue weighted by molar-refractivity contribution is -0.121. The summed E-state index contributed by atoms with van der Waals surface area (Å²) in [4.78, 5) is 12.4. The molecule has 0 aliphatic heterocycles. The van der Waals surface area contributed by atoms with Gasteiger partial charge in [0.1, 0.15) is 6.04 Å². The van der Waals surface area contributed by atoms with E-state index in [9.17, 15) is 4.79 Å². The summed E-state index contributed by atoms with van der Waals surface area (Å²) in [6.07, 6.45) is 5.26. The zero-order valence-electron chi connectivity index (χ0n) is 14.2. The molecule has 1 aliphatic rings. The second-order valence-electron chi connectivity index (χ2n) is 6.29. The highest BCUT2D eigenvalue weighted by molar-refractivity contribution is 6.30. The highest BCUT2D eigenvalue weighted by Gasteiger charge is 2.19. The number of nitrogens with zero attached hydrogens (tertiary/aromatic N) is 1. The molecular weight excluding hydrogens is 310 g/mol. The van der Waals surface area contributed by atoms with E-state index in [2.05, 4.69) is 22.8 Å². The molecule has 23 heavy (non-hydrogen) atoms. The van der Waals surface area contributed by atoms with Gasteiger partial charge in [-0.15, -0.1) is 0 Å². The molecule has 4 nitrogen and oxygen atoms in total. The van der Waals surface area contributed by atoms with E-state index < -0.39 is 0 Å². The maximum Gasteiger partial charge on any atom is 0.262 e. The first-order valence-electron chi connectivity index (χ1n) is 8.40. The number of nitrogens with one attached hydrogen (secondary N) is 2. The Balaban J connectivity index is 1.99. The van der Waals surface area contributed by atoms with Gasteiger partial charge in [0.05, 0.1) is 0 Å². The maximum absolute atomic E-state index is 12.4. The molecule has 0 unspecified atom stereocenters. The van der Waals surface area contributed by atoms with Gasteiger partial charge in [0.25, 0.3) is 5.91 Å². The summed E-state index contributed by atoms with van der Waals surface area (Å²) in [6, 6.07) is 5.31. The molecule has 2 N–H and O–H groups in total. The molecule has 5 heteroatoms. The molecule has 1 saturated carbocycles. The Kier molecular flexibility index (Phi) is 6.46. The van der Waals surface area contributed by atoms with Crippen LogP contribution < -0.4 is 10.7 Å². The van der Waals surface area contributed by atoms with Gasteiger partial charge in [0, 0.05) is 16.4 Å². The van der Waals surface area contributed by atoms with Crippen molar-refractivity contribution < 1.29 is 4.79 Å². The normalized spacial score (nSPS) is 21.0. The minimum absolute atomic E-state index is 0.0906. The van der Waals surface area contributed by atoms with Crippen molar-refractivity contribution in [3.8, 4) is 0 Å². The van der Waals surface area contributed by atoms with Crippen molar-refractivity contribution >= 4 is 28.9 Å². The van der Waals surface area contributed by atoms with Crippen molar-refractivity contribution in [2.24, 2.45) is 11.0 Å². The molecule has 0 heterocycles. The fourth-order valence-corrected chi connectivity index (χ4v) is 3.10. The average molecular weight is 336 g/mol. The van der Waals surface area contributed by atoms with E-state index in [1.807, 2.05) is 32.0 Å². The van der Waals surface area contributed by atoms with Crippen LogP contribution in [0.3, 0.4) is 0 Å². The molecule has 2 rings (SSSR count). The number of amides is 1. The summed E-state index contributed by atoms with van der Waals surface area (Å²) < 4.78 is 0. The first-order valence-corrected chi connectivity index (χ1v) is 8.78. The molecule has 126 valence electrons. The smallest absolute Gasteiger partial charge is 0.262 e. The Bertz CT molecular complexity index is 586. The summed E-state index contributed by atoms with van der Waals surface area (Å²) in [6.45, 7) is 6.14. The van der Waals surface area contributed by atoms with E-state index in [1.165, 1.54) is 12.8 Å². The number of hydrogen-bond acceptors (Lipinski definition) is 3. The molecule has 1 fully saturated rings. The highest BCUT2D eigenvalue weighted by atomic mass is 35.5. The molecule has 0 bridgehead atoms. The fourth-order valence-electron chi connectivity index (χ4n) is 2.87. The number of hydrogen-bond donors (Lipinski definition) is 2. The number of anilines is 1. The SMILES string of the molecule is CC[C@H](Nc1ccc(Cl)cc1C)C(=O)NN=C1CCCC[C@@H]1C. The minimum Gasteiger partial charge on any atom is -0.373 e. The molecule has 0 spiro atoms. The Labute approximate surface area is 143 Å². The molecular formula is C18H26ClN3O. The molecule has 1 aromatic carbocycles. The van der Waals surface area contributed by atoms with Gasteiger partial charge >= 0.3 is 0 Å². The van der Waals surface area contributed by atoms with Gasteiger partial charge < -0.3 is 5.32 Å². The fraction of sp³-hybridized carbons (Fsp3) is 0.556. The zero-order chi connectivity index (χ0) is 16.8. The summed E-state index contributed by atoms with van der Waals surface area (Å²) in [5, 5.41) is 8.35. The second kappa shape index (κ2) is 8.34. The minimum atomic E-state index is -0.307. The first kappa shape index (κ1) is 17.8. The van der Waals surface area contributed by atoms with Crippen molar-refractivity contribution in [2.45, 2.75) is 58.9 Å². The van der Waals surface area contributed by atoms with Crippen LogP contribution in [0.4, 0.5) is 5.69 Å². The lowest BCUT2D eigenvalue weighted by Gasteiger charge is -2.21. The number of aryl methyl sites for hydroxylation is 1. The number of carbonyl (C=O) groups excluding carboxylic acids is 1. The number of hydrazone groups is 1. The largest absolute Gasteiger partial charge is 0.373 e. The van der Waals surface area contributed by atoms with E-state index in [0.717, 1.165) is 29.8 Å². The van der Waals surface area contributed by atoms with Gasteiger partial charge in [-0.05, 0) is 62.3 Å². The van der Waals surface area contributed by atoms with Crippen LogP contribution in [0, 0.1) is 12.8 Å². The average Bonchev–Trinajstić information content (AvgIpc) is 2.53. The standard InChI is InChI=1S/C18H26ClN3O/c1-4-15(20-16-10-9-14(19)11-13(16)3)18(23)22-21-17-8-6-5-7-12(17)2/h9-12,15,20H,4-8H2,1-3H3,(H,22,23)/t12-,15-/m0/s1. The van der Waals surface area contributed by atoms with Gasteiger partial charge in [-0.2, -0.15) is 5.10 Å². The van der Waals surface area contributed by atoms with Gasteiger partial charge in [-0.3, -0.25) is 4.79 Å². The molecule has 0 saturated heterocycles. The van der Waals surface area contributed by atoms with E-state index in [1.54, 1.807) is 0 Å². The van der Waals surface area contributed by atoms with Crippen LogP contribution >= 0.6 is 11.6 Å². The number of carbonyl (C=O) groups is 1. The third-order valence-electron chi connectivity index (χ3n) is 4.44. The monoisotopic (exact) mass is 335 g/mol. The van der Waals surface area contributed by atoms with Crippen LogP contribution in [0.15, 0.2) is 23.3 Å².